The summed E-state index contributed by atoms with van der Waals surface area (Å²) >= 11 is 0. The minimum Gasteiger partial charge on any atom is -0.330 e. The van der Waals surface area contributed by atoms with Gasteiger partial charge in [-0.15, -0.1) is 0 Å². The summed E-state index contributed by atoms with van der Waals surface area (Å²) in [5.74, 6) is 1.23. The zero-order valence-corrected chi connectivity index (χ0v) is 11.1. The first-order chi connectivity index (χ1) is 8.70. The van der Waals surface area contributed by atoms with Gasteiger partial charge in [0, 0.05) is 19.4 Å². The normalized spacial score (nSPS) is 30.4. The molecule has 4 nitrogen and oxygen atoms in total. The number of nitrogens with zero attached hydrogens (tertiary/aromatic N) is 1. The molecule has 0 aromatic heterocycles. The van der Waals surface area contributed by atoms with Gasteiger partial charge in [0.05, 0.1) is 0 Å². The van der Waals surface area contributed by atoms with Crippen molar-refractivity contribution in [3.05, 3.63) is 0 Å². The van der Waals surface area contributed by atoms with Crippen LogP contribution < -0.4 is 5.73 Å². The van der Waals surface area contributed by atoms with Gasteiger partial charge < -0.3 is 5.73 Å². The molecule has 4 heteroatoms. The summed E-state index contributed by atoms with van der Waals surface area (Å²) < 4.78 is 0. The van der Waals surface area contributed by atoms with Gasteiger partial charge in [0.15, 0.2) is 0 Å². The van der Waals surface area contributed by atoms with E-state index in [0.717, 1.165) is 45.1 Å². The van der Waals surface area contributed by atoms with Crippen LogP contribution in [0.2, 0.25) is 0 Å². The molecule has 0 bridgehead atoms. The number of likely N-dealkylation sites (tertiary alicyclic amines) is 1. The number of nitrogens with two attached hydrogens (primary N) is 1. The number of carbonyl (C=O) groups excluding carboxylic acids is 2. The molecule has 0 aromatic carbocycles. The lowest BCUT2D eigenvalue weighted by atomic mass is 9.82. The second kappa shape index (κ2) is 6.32. The van der Waals surface area contributed by atoms with Gasteiger partial charge in [-0.1, -0.05) is 0 Å². The van der Waals surface area contributed by atoms with Crippen LogP contribution in [0.5, 0.6) is 0 Å². The SMILES string of the molecule is NCC1CCC(CN2C(=O)CCCCC2=O)CC1. The first-order valence-electron chi connectivity index (χ1n) is 7.24. The van der Waals surface area contributed by atoms with E-state index < -0.39 is 0 Å². The maximum atomic E-state index is 11.9. The van der Waals surface area contributed by atoms with Crippen LogP contribution in [0.25, 0.3) is 0 Å². The van der Waals surface area contributed by atoms with Gasteiger partial charge >= 0.3 is 0 Å². The molecule has 1 saturated carbocycles. The summed E-state index contributed by atoms with van der Waals surface area (Å²) in [6, 6.07) is 0. The molecule has 1 heterocycles. The van der Waals surface area contributed by atoms with Crippen molar-refractivity contribution >= 4 is 11.8 Å². The first-order valence-corrected chi connectivity index (χ1v) is 7.24. The fourth-order valence-corrected chi connectivity index (χ4v) is 3.07. The van der Waals surface area contributed by atoms with E-state index >= 15 is 0 Å². The van der Waals surface area contributed by atoms with E-state index in [4.69, 9.17) is 5.73 Å². The monoisotopic (exact) mass is 252 g/mol. The van der Waals surface area contributed by atoms with Crippen molar-refractivity contribution in [2.75, 3.05) is 13.1 Å². The zero-order chi connectivity index (χ0) is 13.0. The van der Waals surface area contributed by atoms with Gasteiger partial charge in [0.1, 0.15) is 0 Å². The molecule has 2 aliphatic rings. The Bertz CT molecular complexity index is 291. The molecule has 0 atom stereocenters. The van der Waals surface area contributed by atoms with Gasteiger partial charge in [-0.2, -0.15) is 0 Å². The maximum absolute atomic E-state index is 11.9. The second-order valence-corrected chi connectivity index (χ2v) is 5.73. The fraction of sp³-hybridized carbons (Fsp3) is 0.857. The average Bonchev–Trinajstić information content (AvgIpc) is 2.55. The van der Waals surface area contributed by atoms with Gasteiger partial charge in [0.25, 0.3) is 0 Å². The summed E-state index contributed by atoms with van der Waals surface area (Å²) in [5, 5.41) is 0. The summed E-state index contributed by atoms with van der Waals surface area (Å²) in [7, 11) is 0. The van der Waals surface area contributed by atoms with E-state index in [1.165, 1.54) is 4.90 Å². The average molecular weight is 252 g/mol. The van der Waals surface area contributed by atoms with Crippen molar-refractivity contribution in [1.82, 2.24) is 4.90 Å². The Kier molecular flexibility index (Phi) is 4.75. The molecule has 18 heavy (non-hydrogen) atoms. The first kappa shape index (κ1) is 13.5. The van der Waals surface area contributed by atoms with Crippen molar-refractivity contribution in [2.45, 2.75) is 51.4 Å². The van der Waals surface area contributed by atoms with Crippen LogP contribution in [0.15, 0.2) is 0 Å². The predicted molar refractivity (Wildman–Crippen MR) is 69.7 cm³/mol. The Morgan fingerprint density at radius 1 is 0.944 bits per heavy atom. The largest absolute Gasteiger partial charge is 0.330 e. The third-order valence-corrected chi connectivity index (χ3v) is 4.37. The maximum Gasteiger partial charge on any atom is 0.229 e. The van der Waals surface area contributed by atoms with E-state index in [2.05, 4.69) is 0 Å². The van der Waals surface area contributed by atoms with Crippen LogP contribution in [-0.4, -0.2) is 29.8 Å². The molecule has 102 valence electrons. The molecule has 2 N–H and O–H groups in total. The predicted octanol–water partition coefficient (Wildman–Crippen LogP) is 1.68. The third kappa shape index (κ3) is 3.31. The van der Waals surface area contributed by atoms with Crippen LogP contribution in [0.4, 0.5) is 0 Å². The molecule has 1 aliphatic heterocycles. The topological polar surface area (TPSA) is 63.4 Å². The third-order valence-electron chi connectivity index (χ3n) is 4.37. The molecule has 1 saturated heterocycles. The standard InChI is InChI=1S/C14H24N2O2/c15-9-11-5-7-12(8-6-11)10-16-13(17)3-1-2-4-14(16)18/h11-12H,1-10,15H2. The summed E-state index contributed by atoms with van der Waals surface area (Å²) in [6.07, 6.45) is 7.34. The lowest BCUT2D eigenvalue weighted by Crippen LogP contribution is -2.40. The van der Waals surface area contributed by atoms with Gasteiger partial charge in [0.2, 0.25) is 11.8 Å². The van der Waals surface area contributed by atoms with Crippen LogP contribution in [0.3, 0.4) is 0 Å². The van der Waals surface area contributed by atoms with Gasteiger partial charge in [-0.3, -0.25) is 14.5 Å². The van der Waals surface area contributed by atoms with Crippen molar-refractivity contribution < 1.29 is 9.59 Å². The number of hydrogen-bond acceptors (Lipinski definition) is 3. The molecular weight excluding hydrogens is 228 g/mol. The highest BCUT2D eigenvalue weighted by molar-refractivity contribution is 5.96. The van der Waals surface area contributed by atoms with Crippen molar-refractivity contribution in [3.8, 4) is 0 Å². The quantitative estimate of drug-likeness (QED) is 0.777. The number of rotatable bonds is 3. The molecule has 0 radical (unpaired) electrons. The zero-order valence-electron chi connectivity index (χ0n) is 11.1. The lowest BCUT2D eigenvalue weighted by Gasteiger charge is -2.31. The minimum atomic E-state index is 0.0402. The Labute approximate surface area is 109 Å². The lowest BCUT2D eigenvalue weighted by molar-refractivity contribution is -0.144. The van der Waals surface area contributed by atoms with E-state index in [-0.39, 0.29) is 11.8 Å². The molecule has 0 spiro atoms. The molecule has 0 unspecified atom stereocenters. The highest BCUT2D eigenvalue weighted by Gasteiger charge is 2.28. The summed E-state index contributed by atoms with van der Waals surface area (Å²) in [5.41, 5.74) is 5.68. The Morgan fingerprint density at radius 3 is 1.94 bits per heavy atom. The van der Waals surface area contributed by atoms with Crippen molar-refractivity contribution in [2.24, 2.45) is 17.6 Å². The van der Waals surface area contributed by atoms with Gasteiger partial charge in [-0.05, 0) is 56.9 Å². The Morgan fingerprint density at radius 2 is 1.44 bits per heavy atom. The fourth-order valence-electron chi connectivity index (χ4n) is 3.07. The number of carbonyl (C=O) groups is 2. The van der Waals surface area contributed by atoms with E-state index in [1.54, 1.807) is 0 Å². The highest BCUT2D eigenvalue weighted by atomic mass is 16.2. The van der Waals surface area contributed by atoms with Crippen LogP contribution in [0.1, 0.15) is 51.4 Å². The number of hydrogen-bond donors (Lipinski definition) is 1. The summed E-state index contributed by atoms with van der Waals surface area (Å²) in [4.78, 5) is 25.3. The number of imide groups is 1. The van der Waals surface area contributed by atoms with Crippen molar-refractivity contribution in [1.29, 1.82) is 0 Å². The highest BCUT2D eigenvalue weighted by Crippen LogP contribution is 2.29. The van der Waals surface area contributed by atoms with Gasteiger partial charge in [-0.25, -0.2) is 0 Å². The molecule has 2 fully saturated rings. The van der Waals surface area contributed by atoms with Crippen LogP contribution in [-0.2, 0) is 9.59 Å². The molecular formula is C14H24N2O2. The van der Waals surface area contributed by atoms with E-state index in [9.17, 15) is 9.59 Å². The van der Waals surface area contributed by atoms with Crippen LogP contribution >= 0.6 is 0 Å². The smallest absolute Gasteiger partial charge is 0.229 e. The Balaban J connectivity index is 1.87. The molecule has 2 amide bonds. The molecule has 0 aromatic rings. The molecule has 1 aliphatic carbocycles. The second-order valence-electron chi connectivity index (χ2n) is 5.73. The van der Waals surface area contributed by atoms with E-state index in [0.29, 0.717) is 31.2 Å². The van der Waals surface area contributed by atoms with Crippen LogP contribution in [0, 0.1) is 11.8 Å². The Hall–Kier alpha value is -0.900. The molecule has 2 rings (SSSR count). The van der Waals surface area contributed by atoms with E-state index in [1.807, 2.05) is 0 Å². The number of amides is 2. The minimum absolute atomic E-state index is 0.0402. The summed E-state index contributed by atoms with van der Waals surface area (Å²) in [6.45, 7) is 1.42. The van der Waals surface area contributed by atoms with Crippen molar-refractivity contribution in [3.63, 3.8) is 0 Å².